The molecule has 1 atom stereocenters. The van der Waals surface area contributed by atoms with E-state index in [0.717, 1.165) is 12.8 Å². The van der Waals surface area contributed by atoms with Crippen LogP contribution in [0.5, 0.6) is 0 Å². The summed E-state index contributed by atoms with van der Waals surface area (Å²) in [4.78, 5) is 11.7. The van der Waals surface area contributed by atoms with Crippen molar-refractivity contribution in [3.05, 3.63) is 11.9 Å². The van der Waals surface area contributed by atoms with Crippen molar-refractivity contribution in [3.8, 4) is 0 Å². The lowest BCUT2D eigenvalue weighted by molar-refractivity contribution is -0.122. The van der Waals surface area contributed by atoms with Crippen LogP contribution < -0.4 is 5.32 Å². The largest absolute Gasteiger partial charge is 0.387 e. The van der Waals surface area contributed by atoms with Gasteiger partial charge in [-0.15, -0.1) is 5.10 Å². The first kappa shape index (κ1) is 13.6. The molecule has 0 radical (unpaired) electrons. The van der Waals surface area contributed by atoms with Gasteiger partial charge in [0.25, 0.3) is 0 Å². The van der Waals surface area contributed by atoms with Gasteiger partial charge in [-0.3, -0.25) is 4.79 Å². The molecule has 1 unspecified atom stereocenters. The number of nitrogens with zero attached hydrogens (tertiary/aromatic N) is 3. The van der Waals surface area contributed by atoms with Crippen LogP contribution in [0.15, 0.2) is 6.20 Å². The van der Waals surface area contributed by atoms with Crippen LogP contribution in [0.2, 0.25) is 0 Å². The molecule has 0 aliphatic heterocycles. The monoisotopic (exact) mass is 240 g/mol. The summed E-state index contributed by atoms with van der Waals surface area (Å²) >= 11 is 0. The second kappa shape index (κ2) is 6.34. The molecule has 0 fully saturated rings. The number of rotatable bonds is 6. The molecular weight excluding hydrogens is 220 g/mol. The van der Waals surface area contributed by atoms with Gasteiger partial charge in [0.2, 0.25) is 5.91 Å². The first-order chi connectivity index (χ1) is 8.06. The van der Waals surface area contributed by atoms with E-state index in [4.69, 9.17) is 0 Å². The van der Waals surface area contributed by atoms with Gasteiger partial charge in [-0.25, -0.2) is 4.68 Å². The van der Waals surface area contributed by atoms with Crippen LogP contribution in [-0.2, 0) is 11.3 Å². The van der Waals surface area contributed by atoms with E-state index in [2.05, 4.69) is 15.6 Å². The molecule has 0 aromatic carbocycles. The van der Waals surface area contributed by atoms with Crippen molar-refractivity contribution in [2.75, 3.05) is 0 Å². The Morgan fingerprint density at radius 2 is 2.18 bits per heavy atom. The Kier molecular flexibility index (Phi) is 5.09. The Hall–Kier alpha value is -1.43. The van der Waals surface area contributed by atoms with E-state index in [1.165, 1.54) is 4.68 Å². The van der Waals surface area contributed by atoms with Crippen molar-refractivity contribution >= 4 is 5.91 Å². The van der Waals surface area contributed by atoms with Gasteiger partial charge in [0.15, 0.2) is 0 Å². The fraction of sp³-hybridized carbons (Fsp3) is 0.727. The van der Waals surface area contributed by atoms with Gasteiger partial charge in [0, 0.05) is 6.04 Å². The molecular formula is C11H20N4O2. The number of aromatic nitrogens is 3. The van der Waals surface area contributed by atoms with E-state index in [1.54, 1.807) is 13.1 Å². The maximum absolute atomic E-state index is 11.7. The number of amides is 1. The Morgan fingerprint density at radius 3 is 2.65 bits per heavy atom. The van der Waals surface area contributed by atoms with Gasteiger partial charge < -0.3 is 10.4 Å². The average molecular weight is 240 g/mol. The Bertz CT molecular complexity index is 358. The third-order valence-corrected chi connectivity index (χ3v) is 2.64. The Morgan fingerprint density at radius 1 is 1.53 bits per heavy atom. The Labute approximate surface area is 101 Å². The van der Waals surface area contributed by atoms with Gasteiger partial charge in [-0.1, -0.05) is 19.1 Å². The zero-order valence-electron chi connectivity index (χ0n) is 10.6. The van der Waals surface area contributed by atoms with E-state index in [0.29, 0.717) is 5.69 Å². The molecule has 96 valence electrons. The molecule has 2 N–H and O–H groups in total. The molecule has 17 heavy (non-hydrogen) atoms. The van der Waals surface area contributed by atoms with Crippen molar-refractivity contribution in [1.29, 1.82) is 0 Å². The maximum Gasteiger partial charge on any atom is 0.242 e. The molecule has 0 spiro atoms. The van der Waals surface area contributed by atoms with Crippen molar-refractivity contribution in [1.82, 2.24) is 20.3 Å². The average Bonchev–Trinajstić information content (AvgIpc) is 2.74. The summed E-state index contributed by atoms with van der Waals surface area (Å²) in [6.07, 6.45) is 2.75. The molecule has 1 aromatic heterocycles. The number of nitrogens with one attached hydrogen (secondary N) is 1. The molecule has 0 bridgehead atoms. The summed E-state index contributed by atoms with van der Waals surface area (Å²) in [6, 6.07) is 0.210. The van der Waals surface area contributed by atoms with Gasteiger partial charge >= 0.3 is 0 Å². The number of aliphatic hydroxyl groups excluding tert-OH is 1. The van der Waals surface area contributed by atoms with Gasteiger partial charge in [0.1, 0.15) is 12.2 Å². The summed E-state index contributed by atoms with van der Waals surface area (Å²) in [5, 5.41) is 19.7. The van der Waals surface area contributed by atoms with E-state index in [9.17, 15) is 9.90 Å². The molecule has 1 rings (SSSR count). The molecule has 0 aliphatic carbocycles. The quantitative estimate of drug-likeness (QED) is 0.764. The van der Waals surface area contributed by atoms with E-state index in [-0.39, 0.29) is 18.5 Å². The molecule has 0 aliphatic rings. The lowest BCUT2D eigenvalue weighted by Crippen LogP contribution is -2.36. The third kappa shape index (κ3) is 4.14. The minimum atomic E-state index is -0.661. The maximum atomic E-state index is 11.7. The highest BCUT2D eigenvalue weighted by Gasteiger charge is 2.11. The lowest BCUT2D eigenvalue weighted by atomic mass is 10.2. The predicted molar refractivity (Wildman–Crippen MR) is 63.2 cm³/mol. The summed E-state index contributed by atoms with van der Waals surface area (Å²) < 4.78 is 1.43. The molecule has 0 saturated heterocycles. The molecule has 6 nitrogen and oxygen atoms in total. The number of aliphatic hydroxyl groups is 1. The van der Waals surface area contributed by atoms with Crippen molar-refractivity contribution in [3.63, 3.8) is 0 Å². The first-order valence-corrected chi connectivity index (χ1v) is 5.94. The van der Waals surface area contributed by atoms with Crippen LogP contribution >= 0.6 is 0 Å². The number of hydrogen-bond donors (Lipinski definition) is 2. The topological polar surface area (TPSA) is 80.0 Å². The van der Waals surface area contributed by atoms with Gasteiger partial charge in [-0.2, -0.15) is 0 Å². The first-order valence-electron chi connectivity index (χ1n) is 5.94. The van der Waals surface area contributed by atoms with Crippen molar-refractivity contribution in [2.24, 2.45) is 0 Å². The molecule has 1 aromatic rings. The molecule has 1 heterocycles. The van der Waals surface area contributed by atoms with Crippen LogP contribution in [0.4, 0.5) is 0 Å². The van der Waals surface area contributed by atoms with Crippen molar-refractivity contribution in [2.45, 2.75) is 52.3 Å². The van der Waals surface area contributed by atoms with Gasteiger partial charge in [0.05, 0.1) is 12.3 Å². The van der Waals surface area contributed by atoms with Crippen LogP contribution in [0.3, 0.4) is 0 Å². The molecule has 0 saturated carbocycles. The standard InChI is InChI=1S/C11H20N4O2/c1-4-9(5-2)12-11(17)7-15-6-10(8(3)16)13-14-15/h6,8-9,16H,4-5,7H2,1-3H3,(H,12,17). The minimum absolute atomic E-state index is 0.0826. The lowest BCUT2D eigenvalue weighted by Gasteiger charge is -2.14. The smallest absolute Gasteiger partial charge is 0.242 e. The van der Waals surface area contributed by atoms with E-state index in [1.807, 2.05) is 13.8 Å². The molecule has 6 heteroatoms. The number of carbonyl (C=O) groups excluding carboxylic acids is 1. The highest BCUT2D eigenvalue weighted by Crippen LogP contribution is 2.06. The molecule has 1 amide bonds. The summed E-state index contributed by atoms with van der Waals surface area (Å²) in [7, 11) is 0. The zero-order valence-corrected chi connectivity index (χ0v) is 10.6. The second-order valence-electron chi connectivity index (χ2n) is 4.10. The minimum Gasteiger partial charge on any atom is -0.387 e. The van der Waals surface area contributed by atoms with Gasteiger partial charge in [-0.05, 0) is 19.8 Å². The summed E-state index contributed by atoms with van der Waals surface area (Å²) in [5.41, 5.74) is 0.473. The van der Waals surface area contributed by atoms with Crippen LogP contribution in [-0.4, -0.2) is 32.0 Å². The summed E-state index contributed by atoms with van der Waals surface area (Å²) in [6.45, 7) is 5.82. The summed E-state index contributed by atoms with van der Waals surface area (Å²) in [5.74, 6) is -0.0826. The predicted octanol–water partition coefficient (Wildman–Crippen LogP) is 0.636. The van der Waals surface area contributed by atoms with E-state index < -0.39 is 6.10 Å². The fourth-order valence-electron chi connectivity index (χ4n) is 1.50. The van der Waals surface area contributed by atoms with Crippen LogP contribution in [0, 0.1) is 0 Å². The van der Waals surface area contributed by atoms with Crippen molar-refractivity contribution < 1.29 is 9.90 Å². The van der Waals surface area contributed by atoms with Crippen LogP contribution in [0.1, 0.15) is 45.4 Å². The highest BCUT2D eigenvalue weighted by atomic mass is 16.3. The second-order valence-corrected chi connectivity index (χ2v) is 4.10. The normalized spacial score (nSPS) is 12.8. The SMILES string of the molecule is CCC(CC)NC(=O)Cn1cc(C(C)O)nn1. The number of hydrogen-bond acceptors (Lipinski definition) is 4. The van der Waals surface area contributed by atoms with Crippen LogP contribution in [0.25, 0.3) is 0 Å². The number of carbonyl (C=O) groups is 1. The highest BCUT2D eigenvalue weighted by molar-refractivity contribution is 5.75. The zero-order chi connectivity index (χ0) is 12.8. The fourth-order valence-corrected chi connectivity index (χ4v) is 1.50. The Balaban J connectivity index is 2.50. The third-order valence-electron chi connectivity index (χ3n) is 2.64. The van der Waals surface area contributed by atoms with E-state index >= 15 is 0 Å².